The molecule has 0 aliphatic carbocycles. The number of benzene rings is 1. The van der Waals surface area contributed by atoms with E-state index in [2.05, 4.69) is 5.32 Å². The standard InChI is InChI=1S/C12H18N4O2/c1-2-15-12(18)16(8-11(14)17)7-9-5-3-4-6-10(9)13/h3-6H,2,7-8,13H2,1H3,(H2,14,17)(H,15,18). The van der Waals surface area contributed by atoms with E-state index in [4.69, 9.17) is 11.5 Å². The lowest BCUT2D eigenvalue weighted by Crippen LogP contribution is -2.43. The molecule has 0 saturated heterocycles. The first-order chi connectivity index (χ1) is 8.54. The fraction of sp³-hybridized carbons (Fsp3) is 0.333. The van der Waals surface area contributed by atoms with Crippen molar-refractivity contribution in [3.8, 4) is 0 Å². The fourth-order valence-electron chi connectivity index (χ4n) is 1.53. The molecule has 1 aromatic rings. The number of amides is 3. The van der Waals surface area contributed by atoms with E-state index in [1.165, 1.54) is 4.90 Å². The normalized spacial score (nSPS) is 9.83. The molecule has 0 unspecified atom stereocenters. The monoisotopic (exact) mass is 250 g/mol. The van der Waals surface area contributed by atoms with Gasteiger partial charge in [0, 0.05) is 18.8 Å². The Labute approximate surface area is 106 Å². The number of carbonyl (C=O) groups excluding carboxylic acids is 2. The molecule has 98 valence electrons. The Morgan fingerprint density at radius 3 is 2.56 bits per heavy atom. The van der Waals surface area contributed by atoms with Crippen LogP contribution >= 0.6 is 0 Å². The van der Waals surface area contributed by atoms with Gasteiger partial charge in [0.25, 0.3) is 0 Å². The van der Waals surface area contributed by atoms with Crippen LogP contribution in [0.3, 0.4) is 0 Å². The molecule has 0 fully saturated rings. The minimum absolute atomic E-state index is 0.139. The largest absolute Gasteiger partial charge is 0.398 e. The van der Waals surface area contributed by atoms with Crippen molar-refractivity contribution in [3.63, 3.8) is 0 Å². The predicted octanol–water partition coefficient (Wildman–Crippen LogP) is 0.286. The van der Waals surface area contributed by atoms with E-state index < -0.39 is 5.91 Å². The van der Waals surface area contributed by atoms with Gasteiger partial charge in [0.2, 0.25) is 5.91 Å². The van der Waals surface area contributed by atoms with Crippen LogP contribution in [0.2, 0.25) is 0 Å². The summed E-state index contributed by atoms with van der Waals surface area (Å²) in [5, 5.41) is 2.63. The Morgan fingerprint density at radius 1 is 1.33 bits per heavy atom. The van der Waals surface area contributed by atoms with Gasteiger partial charge in [-0.25, -0.2) is 4.79 Å². The Morgan fingerprint density at radius 2 is 2.00 bits per heavy atom. The maximum Gasteiger partial charge on any atom is 0.318 e. The van der Waals surface area contributed by atoms with Gasteiger partial charge in [-0.2, -0.15) is 0 Å². The highest BCUT2D eigenvalue weighted by Gasteiger charge is 2.16. The molecule has 0 saturated carbocycles. The van der Waals surface area contributed by atoms with Gasteiger partial charge in [0.1, 0.15) is 6.54 Å². The average Bonchev–Trinajstić information content (AvgIpc) is 2.31. The third-order valence-corrected chi connectivity index (χ3v) is 2.38. The minimum atomic E-state index is -0.559. The zero-order valence-electron chi connectivity index (χ0n) is 10.3. The molecule has 5 N–H and O–H groups in total. The highest BCUT2D eigenvalue weighted by atomic mass is 16.2. The second-order valence-electron chi connectivity index (χ2n) is 3.86. The molecule has 6 heteroatoms. The van der Waals surface area contributed by atoms with Gasteiger partial charge >= 0.3 is 6.03 Å². The average molecular weight is 250 g/mol. The molecular weight excluding hydrogens is 232 g/mol. The van der Waals surface area contributed by atoms with E-state index in [1.54, 1.807) is 13.0 Å². The Hall–Kier alpha value is -2.24. The van der Waals surface area contributed by atoms with E-state index in [-0.39, 0.29) is 19.1 Å². The van der Waals surface area contributed by atoms with Crippen LogP contribution in [-0.4, -0.2) is 29.9 Å². The van der Waals surface area contributed by atoms with E-state index >= 15 is 0 Å². The summed E-state index contributed by atoms with van der Waals surface area (Å²) in [6.07, 6.45) is 0. The lowest BCUT2D eigenvalue weighted by atomic mass is 10.1. The topological polar surface area (TPSA) is 101 Å². The molecule has 0 atom stereocenters. The molecule has 0 spiro atoms. The van der Waals surface area contributed by atoms with E-state index in [0.717, 1.165) is 5.56 Å². The molecule has 0 radical (unpaired) electrons. The van der Waals surface area contributed by atoms with Gasteiger partial charge < -0.3 is 21.7 Å². The summed E-state index contributed by atoms with van der Waals surface area (Å²) in [4.78, 5) is 24.1. The van der Waals surface area contributed by atoms with E-state index in [9.17, 15) is 9.59 Å². The summed E-state index contributed by atoms with van der Waals surface area (Å²) in [6.45, 7) is 2.40. The van der Waals surface area contributed by atoms with Gasteiger partial charge in [-0.1, -0.05) is 18.2 Å². The van der Waals surface area contributed by atoms with Crippen molar-refractivity contribution < 1.29 is 9.59 Å². The third kappa shape index (κ3) is 3.97. The summed E-state index contributed by atoms with van der Waals surface area (Å²) in [6, 6.07) is 6.85. The first kappa shape index (κ1) is 13.8. The second kappa shape index (κ2) is 6.48. The number of hydrogen-bond acceptors (Lipinski definition) is 3. The van der Waals surface area contributed by atoms with Crippen molar-refractivity contribution in [2.75, 3.05) is 18.8 Å². The SMILES string of the molecule is CCNC(=O)N(CC(N)=O)Cc1ccccc1N. The van der Waals surface area contributed by atoms with Crippen LogP contribution in [0, 0.1) is 0 Å². The van der Waals surface area contributed by atoms with Gasteiger partial charge in [-0.05, 0) is 18.6 Å². The second-order valence-corrected chi connectivity index (χ2v) is 3.86. The Bertz CT molecular complexity index is 434. The maximum absolute atomic E-state index is 11.8. The first-order valence-corrected chi connectivity index (χ1v) is 5.69. The number of carbonyl (C=O) groups is 2. The summed E-state index contributed by atoms with van der Waals surface area (Å²) in [5.74, 6) is -0.559. The summed E-state index contributed by atoms with van der Waals surface area (Å²) >= 11 is 0. The Balaban J connectivity index is 2.81. The number of urea groups is 1. The van der Waals surface area contributed by atoms with Crippen LogP contribution < -0.4 is 16.8 Å². The number of nitrogens with two attached hydrogens (primary N) is 2. The van der Waals surface area contributed by atoms with Crippen molar-refractivity contribution in [2.24, 2.45) is 5.73 Å². The minimum Gasteiger partial charge on any atom is -0.398 e. The number of nitrogens with zero attached hydrogens (tertiary/aromatic N) is 1. The molecule has 1 aromatic carbocycles. The molecule has 0 heterocycles. The predicted molar refractivity (Wildman–Crippen MR) is 69.5 cm³/mol. The smallest absolute Gasteiger partial charge is 0.318 e. The molecule has 1 rings (SSSR count). The van der Waals surface area contributed by atoms with E-state index in [1.807, 2.05) is 18.2 Å². The van der Waals surface area contributed by atoms with Gasteiger partial charge in [-0.3, -0.25) is 4.79 Å². The molecule has 0 aliphatic rings. The molecular formula is C12H18N4O2. The maximum atomic E-state index is 11.8. The van der Waals surface area contributed by atoms with Gasteiger partial charge in [0.05, 0.1) is 0 Å². The number of primary amides is 1. The van der Waals surface area contributed by atoms with Crippen molar-refractivity contribution in [1.82, 2.24) is 10.2 Å². The van der Waals surface area contributed by atoms with Crippen LogP contribution in [0.25, 0.3) is 0 Å². The van der Waals surface area contributed by atoms with Crippen LogP contribution in [0.4, 0.5) is 10.5 Å². The van der Waals surface area contributed by atoms with Crippen LogP contribution in [-0.2, 0) is 11.3 Å². The summed E-state index contributed by atoms with van der Waals surface area (Å²) < 4.78 is 0. The number of nitrogen functional groups attached to an aromatic ring is 1. The number of nitrogens with one attached hydrogen (secondary N) is 1. The first-order valence-electron chi connectivity index (χ1n) is 5.69. The van der Waals surface area contributed by atoms with Crippen LogP contribution in [0.5, 0.6) is 0 Å². The highest BCUT2D eigenvalue weighted by Crippen LogP contribution is 2.13. The van der Waals surface area contributed by atoms with Crippen molar-refractivity contribution >= 4 is 17.6 Å². The summed E-state index contributed by atoms with van der Waals surface area (Å²) in [7, 11) is 0. The third-order valence-electron chi connectivity index (χ3n) is 2.38. The molecule has 0 bridgehead atoms. The molecule has 3 amide bonds. The zero-order valence-corrected chi connectivity index (χ0v) is 10.3. The molecule has 0 aliphatic heterocycles. The van der Waals surface area contributed by atoms with Gasteiger partial charge in [0.15, 0.2) is 0 Å². The van der Waals surface area contributed by atoms with Crippen molar-refractivity contribution in [3.05, 3.63) is 29.8 Å². The number of hydrogen-bond donors (Lipinski definition) is 3. The number of rotatable bonds is 5. The number of para-hydroxylation sites is 1. The quantitative estimate of drug-likeness (QED) is 0.654. The lowest BCUT2D eigenvalue weighted by molar-refractivity contribution is -0.118. The van der Waals surface area contributed by atoms with Crippen molar-refractivity contribution in [1.29, 1.82) is 0 Å². The number of anilines is 1. The molecule has 18 heavy (non-hydrogen) atoms. The summed E-state index contributed by atoms with van der Waals surface area (Å²) in [5.41, 5.74) is 12.3. The molecule has 6 nitrogen and oxygen atoms in total. The highest BCUT2D eigenvalue weighted by molar-refractivity contribution is 5.83. The van der Waals surface area contributed by atoms with Crippen LogP contribution in [0.15, 0.2) is 24.3 Å². The van der Waals surface area contributed by atoms with Gasteiger partial charge in [-0.15, -0.1) is 0 Å². The molecule has 0 aromatic heterocycles. The fourth-order valence-corrected chi connectivity index (χ4v) is 1.53. The lowest BCUT2D eigenvalue weighted by Gasteiger charge is -2.22. The van der Waals surface area contributed by atoms with Crippen LogP contribution in [0.1, 0.15) is 12.5 Å². The zero-order chi connectivity index (χ0) is 13.5. The Kier molecular flexibility index (Phi) is 4.98. The van der Waals surface area contributed by atoms with Crippen molar-refractivity contribution in [2.45, 2.75) is 13.5 Å². The van der Waals surface area contributed by atoms with E-state index in [0.29, 0.717) is 12.2 Å².